The van der Waals surface area contributed by atoms with Crippen LogP contribution in [0, 0.1) is 6.17 Å². The summed E-state index contributed by atoms with van der Waals surface area (Å²) in [5.74, 6) is 1.46. The van der Waals surface area contributed by atoms with Crippen LogP contribution in [-0.4, -0.2) is 0 Å². The molecule has 0 aromatic heterocycles. The Balaban J connectivity index is 1.59. The van der Waals surface area contributed by atoms with Gasteiger partial charge in [0, 0.05) is 11.0 Å². The molecule has 2 heteroatoms. The van der Waals surface area contributed by atoms with Crippen molar-refractivity contribution < 1.29 is 0 Å². The van der Waals surface area contributed by atoms with Gasteiger partial charge in [-0.2, -0.15) is 0 Å². The Morgan fingerprint density at radius 2 is 0.854 bits per heavy atom. The number of nitrogens with zero attached hydrogens (tertiary/aromatic N) is 2. The third-order valence-corrected chi connectivity index (χ3v) is 10.8. The average molecular weight is 632 g/mol. The smallest absolute Gasteiger partial charge is 0.196 e. The van der Waals surface area contributed by atoms with E-state index in [0.29, 0.717) is 23.7 Å². The molecule has 0 fully saturated rings. The lowest BCUT2D eigenvalue weighted by Gasteiger charge is -2.38. The van der Waals surface area contributed by atoms with Crippen LogP contribution in [0.3, 0.4) is 0 Å². The van der Waals surface area contributed by atoms with E-state index in [1.165, 1.54) is 79.0 Å². The Morgan fingerprint density at radius 3 is 1.31 bits per heavy atom. The number of benzene rings is 5. The van der Waals surface area contributed by atoms with Gasteiger partial charge in [-0.15, -0.1) is 0 Å². The van der Waals surface area contributed by atoms with E-state index < -0.39 is 0 Å². The van der Waals surface area contributed by atoms with E-state index >= 15 is 0 Å². The molecule has 5 aromatic rings. The van der Waals surface area contributed by atoms with Gasteiger partial charge < -0.3 is 9.80 Å². The lowest BCUT2D eigenvalue weighted by molar-refractivity contribution is 0.660. The van der Waals surface area contributed by atoms with Gasteiger partial charge in [-0.1, -0.05) is 154 Å². The molecule has 0 spiro atoms. The van der Waals surface area contributed by atoms with Crippen LogP contribution in [0.15, 0.2) is 103 Å². The number of anilines is 4. The highest BCUT2D eigenvalue weighted by atomic mass is 15.4. The third kappa shape index (κ3) is 4.90. The van der Waals surface area contributed by atoms with Gasteiger partial charge in [-0.3, -0.25) is 0 Å². The Hall–Kier alpha value is -4.30. The van der Waals surface area contributed by atoms with Crippen LogP contribution in [0.1, 0.15) is 132 Å². The molecule has 245 valence electrons. The molecule has 0 bridgehead atoms. The molecule has 0 N–H and O–H groups in total. The lowest BCUT2D eigenvalue weighted by Crippen LogP contribution is -2.33. The number of para-hydroxylation sites is 4. The van der Waals surface area contributed by atoms with Crippen LogP contribution in [0.2, 0.25) is 0 Å². The Bertz CT molecular complexity index is 1850. The molecule has 2 nitrogen and oxygen atoms in total. The molecule has 2 aliphatic rings. The van der Waals surface area contributed by atoms with Gasteiger partial charge in [-0.05, 0) is 86.4 Å². The standard InChI is InChI=1S/C46H51N2/c1-28(2)33-18-15-19-34(29(3)4)43(33)47-41-23-13-14-24-42(41)48(44-35(30(5)6)20-16-21-36(44)31(7)8)45(47)32-25-26-40-38(27-32)37-17-11-12-22-39(37)46(40,9)10/h11-31H,1-10H3. The number of rotatable bonds is 7. The molecule has 7 rings (SSSR count). The van der Waals surface area contributed by atoms with Gasteiger partial charge in [-0.25, -0.2) is 0 Å². The van der Waals surface area contributed by atoms with Crippen molar-refractivity contribution in [2.24, 2.45) is 0 Å². The summed E-state index contributed by atoms with van der Waals surface area (Å²) in [6.07, 6.45) is 1.21. The van der Waals surface area contributed by atoms with Crippen LogP contribution in [0.4, 0.5) is 22.7 Å². The molecule has 1 aliphatic heterocycles. The zero-order valence-corrected chi connectivity index (χ0v) is 30.5. The number of fused-ring (bicyclic) bond motifs is 4. The predicted octanol–water partition coefficient (Wildman–Crippen LogP) is 13.3. The largest absolute Gasteiger partial charge is 0.307 e. The van der Waals surface area contributed by atoms with E-state index in [2.05, 4.69) is 182 Å². The highest BCUT2D eigenvalue weighted by Crippen LogP contribution is 2.58. The molecule has 1 heterocycles. The minimum absolute atomic E-state index is 0.0444. The van der Waals surface area contributed by atoms with Crippen molar-refractivity contribution in [1.82, 2.24) is 0 Å². The Labute approximate surface area is 289 Å². The fraction of sp³-hybridized carbons (Fsp3) is 0.326. The number of hydrogen-bond donors (Lipinski definition) is 0. The summed E-state index contributed by atoms with van der Waals surface area (Å²) in [4.78, 5) is 5.24. The zero-order valence-electron chi connectivity index (χ0n) is 30.5. The molecule has 48 heavy (non-hydrogen) atoms. The quantitative estimate of drug-likeness (QED) is 0.176. The van der Waals surface area contributed by atoms with Crippen molar-refractivity contribution in [1.29, 1.82) is 0 Å². The normalized spacial score (nSPS) is 15.2. The minimum atomic E-state index is -0.0444. The Morgan fingerprint density at radius 1 is 0.438 bits per heavy atom. The Kier molecular flexibility index (Phi) is 8.06. The summed E-state index contributed by atoms with van der Waals surface area (Å²) in [6.45, 7) is 23.4. The first-order chi connectivity index (χ1) is 22.9. The predicted molar refractivity (Wildman–Crippen MR) is 206 cm³/mol. The first-order valence-corrected chi connectivity index (χ1v) is 18.0. The first-order valence-electron chi connectivity index (χ1n) is 18.0. The van der Waals surface area contributed by atoms with Crippen LogP contribution in [-0.2, 0) is 5.41 Å². The van der Waals surface area contributed by atoms with Gasteiger partial charge in [0.2, 0.25) is 0 Å². The molecule has 1 radical (unpaired) electrons. The minimum Gasteiger partial charge on any atom is -0.307 e. The van der Waals surface area contributed by atoms with E-state index in [1.807, 2.05) is 0 Å². The second kappa shape index (κ2) is 12.0. The van der Waals surface area contributed by atoms with E-state index in [0.717, 1.165) is 0 Å². The van der Waals surface area contributed by atoms with Crippen LogP contribution >= 0.6 is 0 Å². The molecule has 0 amide bonds. The van der Waals surface area contributed by atoms with Crippen molar-refractivity contribution in [2.75, 3.05) is 9.80 Å². The maximum Gasteiger partial charge on any atom is 0.196 e. The van der Waals surface area contributed by atoms with Gasteiger partial charge >= 0.3 is 0 Å². The lowest BCUT2D eigenvalue weighted by atomic mass is 9.82. The zero-order chi connectivity index (χ0) is 34.1. The summed E-state index contributed by atoms with van der Waals surface area (Å²) in [7, 11) is 0. The summed E-state index contributed by atoms with van der Waals surface area (Å²) >= 11 is 0. The molecular weight excluding hydrogens is 581 g/mol. The van der Waals surface area contributed by atoms with Gasteiger partial charge in [0.15, 0.2) is 6.17 Å². The fourth-order valence-corrected chi connectivity index (χ4v) is 8.28. The monoisotopic (exact) mass is 631 g/mol. The summed E-state index contributed by atoms with van der Waals surface area (Å²) in [6, 6.07) is 39.3. The van der Waals surface area contributed by atoms with E-state index in [1.54, 1.807) is 0 Å². The number of hydrogen-bond acceptors (Lipinski definition) is 2. The van der Waals surface area contributed by atoms with Crippen LogP contribution in [0.25, 0.3) is 11.1 Å². The van der Waals surface area contributed by atoms with Crippen molar-refractivity contribution >= 4 is 22.7 Å². The molecule has 0 atom stereocenters. The van der Waals surface area contributed by atoms with Gasteiger partial charge in [0.25, 0.3) is 0 Å². The molecule has 1 aliphatic carbocycles. The SMILES string of the molecule is CC(C)c1cccc(C(C)C)c1N1[C](c2ccc3c(c2)-c2ccccc2C3(C)C)N(c2c(C(C)C)cccc2C(C)C)c2ccccc21. The highest BCUT2D eigenvalue weighted by Gasteiger charge is 2.45. The molecule has 0 unspecified atom stereocenters. The summed E-state index contributed by atoms with van der Waals surface area (Å²) in [5.41, 5.74) is 17.3. The van der Waals surface area contributed by atoms with Crippen molar-refractivity contribution in [3.8, 4) is 11.1 Å². The fourth-order valence-electron chi connectivity index (χ4n) is 8.28. The van der Waals surface area contributed by atoms with E-state index in [-0.39, 0.29) is 5.41 Å². The molecule has 0 saturated carbocycles. The second-order valence-electron chi connectivity index (χ2n) is 15.6. The van der Waals surface area contributed by atoms with Crippen molar-refractivity contribution in [3.05, 3.63) is 148 Å². The average Bonchev–Trinajstić information content (AvgIpc) is 3.52. The van der Waals surface area contributed by atoms with Gasteiger partial charge in [0.05, 0.1) is 22.7 Å². The molecule has 0 saturated heterocycles. The highest BCUT2D eigenvalue weighted by molar-refractivity contribution is 5.97. The molecule has 5 aromatic carbocycles. The van der Waals surface area contributed by atoms with Gasteiger partial charge in [0.1, 0.15) is 0 Å². The topological polar surface area (TPSA) is 6.48 Å². The van der Waals surface area contributed by atoms with E-state index in [9.17, 15) is 0 Å². The van der Waals surface area contributed by atoms with Crippen LogP contribution < -0.4 is 9.80 Å². The second-order valence-corrected chi connectivity index (χ2v) is 15.6. The maximum atomic E-state index is 2.62. The van der Waals surface area contributed by atoms with Crippen LogP contribution in [0.5, 0.6) is 0 Å². The van der Waals surface area contributed by atoms with Crippen molar-refractivity contribution in [2.45, 2.75) is 98.3 Å². The first kappa shape index (κ1) is 32.3. The summed E-state index contributed by atoms with van der Waals surface area (Å²) in [5, 5.41) is 0. The summed E-state index contributed by atoms with van der Waals surface area (Å²) < 4.78 is 0. The molecular formula is C46H51N2. The maximum absolute atomic E-state index is 2.62. The third-order valence-electron chi connectivity index (χ3n) is 10.8. The van der Waals surface area contributed by atoms with Crippen molar-refractivity contribution in [3.63, 3.8) is 0 Å². The van der Waals surface area contributed by atoms with E-state index in [4.69, 9.17) is 0 Å².